The van der Waals surface area contributed by atoms with Crippen LogP contribution in [0.25, 0.3) is 0 Å². The summed E-state index contributed by atoms with van der Waals surface area (Å²) in [5.74, 6) is -1.97. The van der Waals surface area contributed by atoms with Gasteiger partial charge in [0.05, 0.1) is 35.3 Å². The number of piperidine rings is 1. The molecular weight excluding hydrogens is 789 g/mol. The monoisotopic (exact) mass is 833 g/mol. The van der Waals surface area contributed by atoms with E-state index >= 15 is 0 Å². The highest BCUT2D eigenvalue weighted by molar-refractivity contribution is 7.80. The van der Waals surface area contributed by atoms with Crippen LogP contribution in [0, 0.1) is 17.2 Å². The second kappa shape index (κ2) is 16.9. The molecule has 2 N–H and O–H groups in total. The summed E-state index contributed by atoms with van der Waals surface area (Å²) in [5.41, 5.74) is -1.83. The van der Waals surface area contributed by atoms with Crippen LogP contribution in [0.4, 0.5) is 37.7 Å². The van der Waals surface area contributed by atoms with Crippen LogP contribution in [0.2, 0.25) is 0 Å². The molecule has 312 valence electrons. The van der Waals surface area contributed by atoms with Gasteiger partial charge in [0.2, 0.25) is 17.7 Å². The van der Waals surface area contributed by atoms with Gasteiger partial charge in [-0.05, 0) is 119 Å². The molecule has 1 saturated carbocycles. The number of carbonyl (C=O) groups excluding carboxylic acids is 4. The molecule has 2 aromatic rings. The molecule has 4 amide bonds. The van der Waals surface area contributed by atoms with Gasteiger partial charge in [0.15, 0.2) is 5.11 Å². The van der Waals surface area contributed by atoms with Gasteiger partial charge in [-0.3, -0.25) is 34.3 Å². The zero-order valence-corrected chi connectivity index (χ0v) is 32.9. The van der Waals surface area contributed by atoms with E-state index in [0.29, 0.717) is 55.9 Å². The number of anilines is 2. The fraction of sp³-hybridized carbons (Fsp3) is 0.550. The summed E-state index contributed by atoms with van der Waals surface area (Å²) >= 11 is 5.70. The van der Waals surface area contributed by atoms with Gasteiger partial charge in [-0.15, -0.1) is 0 Å². The van der Waals surface area contributed by atoms with E-state index in [-0.39, 0.29) is 42.3 Å². The van der Waals surface area contributed by atoms with Crippen molar-refractivity contribution in [2.45, 2.75) is 101 Å². The number of rotatable bonds is 10. The summed E-state index contributed by atoms with van der Waals surface area (Å²) in [5, 5.41) is 14.3. The summed E-state index contributed by atoms with van der Waals surface area (Å²) in [6.45, 7) is 3.55. The second-order valence-electron chi connectivity index (χ2n) is 16.0. The predicted molar refractivity (Wildman–Crippen MR) is 205 cm³/mol. The summed E-state index contributed by atoms with van der Waals surface area (Å²) in [7, 11) is 0. The van der Waals surface area contributed by atoms with E-state index in [1.807, 2.05) is 4.90 Å². The lowest BCUT2D eigenvalue weighted by Gasteiger charge is -2.42. The van der Waals surface area contributed by atoms with Crippen molar-refractivity contribution in [3.8, 4) is 6.07 Å². The summed E-state index contributed by atoms with van der Waals surface area (Å²) in [6, 6.07) is 9.16. The van der Waals surface area contributed by atoms with E-state index in [0.717, 1.165) is 41.2 Å². The van der Waals surface area contributed by atoms with Crippen molar-refractivity contribution in [2.75, 3.05) is 42.9 Å². The Kier molecular flexibility index (Phi) is 12.6. The molecule has 0 aromatic heterocycles. The van der Waals surface area contributed by atoms with Crippen molar-refractivity contribution in [1.82, 2.24) is 20.0 Å². The second-order valence-corrected chi connectivity index (χ2v) is 16.4. The smallest absolute Gasteiger partial charge is 0.331 e. The minimum Gasteiger partial charge on any atom is -0.331 e. The van der Waals surface area contributed by atoms with E-state index in [9.17, 15) is 50.8 Å². The van der Waals surface area contributed by atoms with Crippen molar-refractivity contribution in [3.63, 3.8) is 0 Å². The number of nitrogens with one attached hydrogen (secondary N) is 2. The third-order valence-corrected chi connectivity index (χ3v) is 12.2. The SMILES string of the molecule is CC1(C)C(=O)N(c2ccc(C#N)c(C(F)(F)F)c2)C(=S)N1[C@H]1CC[C@H](CCCN2CCN(CC(=O)Nc3ccc(C4CCC(=O)NC4=O)cc3)[C@@H](C(F)(F)F)C2)CC1. The van der Waals surface area contributed by atoms with E-state index in [1.165, 1.54) is 6.07 Å². The average Bonchev–Trinajstić information content (AvgIpc) is 3.33. The average molecular weight is 834 g/mol. The number of halogens is 6. The minimum absolute atomic E-state index is 0.0540. The number of carbonyl (C=O) groups is 4. The van der Waals surface area contributed by atoms with Crippen molar-refractivity contribution in [1.29, 1.82) is 5.26 Å². The summed E-state index contributed by atoms with van der Waals surface area (Å²) in [6.07, 6.45) is -4.37. The number of nitriles is 1. The first-order valence-electron chi connectivity index (χ1n) is 19.3. The molecule has 1 aliphatic carbocycles. The Morgan fingerprint density at radius 3 is 2.29 bits per heavy atom. The van der Waals surface area contributed by atoms with Crippen LogP contribution in [0.15, 0.2) is 42.5 Å². The summed E-state index contributed by atoms with van der Waals surface area (Å²) in [4.78, 5) is 56.0. The van der Waals surface area contributed by atoms with Gasteiger partial charge in [0.1, 0.15) is 11.6 Å². The maximum atomic E-state index is 14.3. The maximum Gasteiger partial charge on any atom is 0.417 e. The lowest BCUT2D eigenvalue weighted by molar-refractivity contribution is -0.197. The van der Waals surface area contributed by atoms with Crippen LogP contribution in [-0.2, 0) is 25.4 Å². The van der Waals surface area contributed by atoms with Crippen LogP contribution < -0.4 is 15.5 Å². The summed E-state index contributed by atoms with van der Waals surface area (Å²) < 4.78 is 84.0. The van der Waals surface area contributed by atoms with E-state index in [4.69, 9.17) is 12.2 Å². The van der Waals surface area contributed by atoms with Crippen LogP contribution in [0.3, 0.4) is 0 Å². The number of piperazine rings is 1. The molecule has 0 radical (unpaired) electrons. The molecule has 0 spiro atoms. The Bertz CT molecular complexity index is 1960. The van der Waals surface area contributed by atoms with Crippen LogP contribution in [0.5, 0.6) is 0 Å². The number of alkyl halides is 6. The zero-order chi connectivity index (χ0) is 42.2. The number of nitrogens with zero attached hydrogens (tertiary/aromatic N) is 5. The quantitative estimate of drug-likeness (QED) is 0.160. The van der Waals surface area contributed by atoms with Gasteiger partial charge in [-0.2, -0.15) is 31.6 Å². The van der Waals surface area contributed by atoms with Gasteiger partial charge in [0.25, 0.3) is 5.91 Å². The normalized spacial score (nSPS) is 24.8. The molecule has 3 heterocycles. The number of imide groups is 1. The topological polar surface area (TPSA) is 129 Å². The first-order chi connectivity index (χ1) is 27.3. The third kappa shape index (κ3) is 9.31. The fourth-order valence-electron chi connectivity index (χ4n) is 8.72. The van der Waals surface area contributed by atoms with Crippen molar-refractivity contribution in [3.05, 3.63) is 59.2 Å². The lowest BCUT2D eigenvalue weighted by atomic mass is 9.82. The molecule has 3 saturated heterocycles. The first-order valence-corrected chi connectivity index (χ1v) is 19.7. The highest BCUT2D eigenvalue weighted by Crippen LogP contribution is 2.42. The van der Waals surface area contributed by atoms with Gasteiger partial charge in [-0.25, -0.2) is 0 Å². The Morgan fingerprint density at radius 1 is 0.983 bits per heavy atom. The molecule has 58 heavy (non-hydrogen) atoms. The van der Waals surface area contributed by atoms with E-state index < -0.39 is 65.2 Å². The van der Waals surface area contributed by atoms with Crippen LogP contribution in [-0.4, -0.2) is 100.0 Å². The molecule has 0 bridgehead atoms. The number of thiocarbonyl (C=S) groups is 1. The lowest BCUT2D eigenvalue weighted by Crippen LogP contribution is -2.60. The van der Waals surface area contributed by atoms with Crippen molar-refractivity contribution < 1.29 is 45.5 Å². The molecule has 11 nitrogen and oxygen atoms in total. The Balaban J connectivity index is 0.970. The number of hydrogen-bond acceptors (Lipinski definition) is 8. The van der Waals surface area contributed by atoms with Crippen LogP contribution >= 0.6 is 12.2 Å². The molecule has 2 aromatic carbocycles. The van der Waals surface area contributed by atoms with Gasteiger partial charge < -0.3 is 15.1 Å². The molecule has 1 unspecified atom stereocenters. The number of benzene rings is 2. The van der Waals surface area contributed by atoms with E-state index in [1.54, 1.807) is 49.1 Å². The van der Waals surface area contributed by atoms with Crippen molar-refractivity contribution in [2.24, 2.45) is 5.92 Å². The molecule has 3 aliphatic heterocycles. The highest BCUT2D eigenvalue weighted by atomic mass is 32.1. The Labute approximate surface area is 337 Å². The number of hydrogen-bond donors (Lipinski definition) is 2. The van der Waals surface area contributed by atoms with Gasteiger partial charge in [0, 0.05) is 37.8 Å². The van der Waals surface area contributed by atoms with Gasteiger partial charge >= 0.3 is 12.4 Å². The van der Waals surface area contributed by atoms with Crippen LogP contribution in [0.1, 0.15) is 87.8 Å². The predicted octanol–water partition coefficient (Wildman–Crippen LogP) is 6.34. The van der Waals surface area contributed by atoms with Crippen molar-refractivity contribution >= 4 is 52.3 Å². The molecule has 2 atom stereocenters. The fourth-order valence-corrected chi connectivity index (χ4v) is 9.29. The molecule has 18 heteroatoms. The largest absolute Gasteiger partial charge is 0.417 e. The third-order valence-electron chi connectivity index (χ3n) is 11.8. The molecule has 4 aliphatic rings. The minimum atomic E-state index is -4.80. The first kappa shape index (κ1) is 43.0. The standard InChI is InChI=1S/C40H45F6N7O4S/c1-38(2)36(57)52(29-14-9-26(21-47)31(20-29)39(41,42)43)37(58)53(38)28-12-5-24(6-13-28)4-3-17-50-18-19-51(32(22-50)40(44,45)46)23-34(55)48-27-10-7-25(8-11-27)30-15-16-33(54)49-35(30)56/h7-11,14,20,24,28,30,32H,3-6,12-13,15-19,22-23H2,1-2H3,(H,48,55)(H,49,54,56)/t24-,28-,30?,32-/m1/s1. The number of amides is 4. The molecule has 4 fully saturated rings. The molecule has 6 rings (SSSR count). The Hall–Kier alpha value is -4.60. The Morgan fingerprint density at radius 2 is 1.67 bits per heavy atom. The van der Waals surface area contributed by atoms with Gasteiger partial charge in [-0.1, -0.05) is 12.1 Å². The maximum absolute atomic E-state index is 14.3. The van der Waals surface area contributed by atoms with E-state index in [2.05, 4.69) is 10.6 Å². The highest BCUT2D eigenvalue weighted by Gasteiger charge is 2.53. The molecular formula is C40H45F6N7O4S. The zero-order valence-electron chi connectivity index (χ0n) is 32.1.